The van der Waals surface area contributed by atoms with Crippen LogP contribution in [0.2, 0.25) is 0 Å². The molecule has 1 aromatic heterocycles. The SMILES string of the molecule is NC1CCN(c2nc(-c3ccccc3)c3ccccc3n2)CC1. The smallest absolute Gasteiger partial charge is 0.226 e. The molecule has 0 aliphatic carbocycles. The molecule has 0 saturated carbocycles. The van der Waals surface area contributed by atoms with Crippen molar-refractivity contribution < 1.29 is 0 Å². The van der Waals surface area contributed by atoms with Gasteiger partial charge in [0, 0.05) is 30.1 Å². The summed E-state index contributed by atoms with van der Waals surface area (Å²) in [6.07, 6.45) is 1.99. The van der Waals surface area contributed by atoms with Crippen molar-refractivity contribution in [3.63, 3.8) is 0 Å². The van der Waals surface area contributed by atoms with Gasteiger partial charge in [-0.15, -0.1) is 0 Å². The van der Waals surface area contributed by atoms with E-state index in [0.29, 0.717) is 6.04 Å². The van der Waals surface area contributed by atoms with Gasteiger partial charge < -0.3 is 10.6 Å². The quantitative estimate of drug-likeness (QED) is 0.790. The number of rotatable bonds is 2. The number of fused-ring (bicyclic) bond motifs is 1. The van der Waals surface area contributed by atoms with Gasteiger partial charge in [-0.1, -0.05) is 48.5 Å². The second-order valence-corrected chi connectivity index (χ2v) is 6.08. The molecular formula is C19H20N4. The van der Waals surface area contributed by atoms with Gasteiger partial charge in [0.2, 0.25) is 5.95 Å². The van der Waals surface area contributed by atoms with Gasteiger partial charge in [0.1, 0.15) is 0 Å². The fourth-order valence-electron chi connectivity index (χ4n) is 3.12. The third-order valence-corrected chi connectivity index (χ3v) is 4.46. The molecule has 2 N–H and O–H groups in total. The Hall–Kier alpha value is -2.46. The topological polar surface area (TPSA) is 55.0 Å². The Balaban J connectivity index is 1.84. The summed E-state index contributed by atoms with van der Waals surface area (Å²) in [6.45, 7) is 1.85. The average molecular weight is 304 g/mol. The molecule has 0 spiro atoms. The number of aromatic nitrogens is 2. The first-order valence-corrected chi connectivity index (χ1v) is 8.14. The van der Waals surface area contributed by atoms with E-state index in [1.807, 2.05) is 30.3 Å². The first-order valence-electron chi connectivity index (χ1n) is 8.14. The predicted molar refractivity (Wildman–Crippen MR) is 94.4 cm³/mol. The van der Waals surface area contributed by atoms with Crippen LogP contribution < -0.4 is 10.6 Å². The number of hydrogen-bond donors (Lipinski definition) is 1. The molecule has 3 aromatic rings. The summed E-state index contributed by atoms with van der Waals surface area (Å²) in [6, 6.07) is 18.8. The summed E-state index contributed by atoms with van der Waals surface area (Å²) in [7, 11) is 0. The van der Waals surface area contributed by atoms with E-state index in [4.69, 9.17) is 15.7 Å². The number of nitrogens with zero attached hydrogens (tertiary/aromatic N) is 3. The van der Waals surface area contributed by atoms with Crippen molar-refractivity contribution in [1.82, 2.24) is 9.97 Å². The maximum absolute atomic E-state index is 6.02. The highest BCUT2D eigenvalue weighted by Gasteiger charge is 2.20. The molecule has 0 unspecified atom stereocenters. The van der Waals surface area contributed by atoms with Gasteiger partial charge in [-0.3, -0.25) is 0 Å². The van der Waals surface area contributed by atoms with Gasteiger partial charge in [0.05, 0.1) is 11.2 Å². The monoisotopic (exact) mass is 304 g/mol. The number of piperidine rings is 1. The van der Waals surface area contributed by atoms with Crippen molar-refractivity contribution >= 4 is 16.9 Å². The number of benzene rings is 2. The van der Waals surface area contributed by atoms with Crippen LogP contribution in [-0.4, -0.2) is 29.1 Å². The van der Waals surface area contributed by atoms with E-state index < -0.39 is 0 Å². The highest BCUT2D eigenvalue weighted by Crippen LogP contribution is 2.28. The lowest BCUT2D eigenvalue weighted by molar-refractivity contribution is 0.496. The van der Waals surface area contributed by atoms with Crippen molar-refractivity contribution in [3.05, 3.63) is 54.6 Å². The van der Waals surface area contributed by atoms with E-state index in [1.165, 1.54) is 0 Å². The summed E-state index contributed by atoms with van der Waals surface area (Å²) >= 11 is 0. The van der Waals surface area contributed by atoms with Crippen LogP contribution >= 0.6 is 0 Å². The zero-order valence-corrected chi connectivity index (χ0v) is 13.0. The summed E-state index contributed by atoms with van der Waals surface area (Å²) in [5, 5.41) is 1.09. The zero-order chi connectivity index (χ0) is 15.6. The minimum absolute atomic E-state index is 0.306. The Labute approximate surface area is 136 Å². The minimum atomic E-state index is 0.306. The van der Waals surface area contributed by atoms with Crippen LogP contribution in [0.5, 0.6) is 0 Å². The fourth-order valence-corrected chi connectivity index (χ4v) is 3.12. The van der Waals surface area contributed by atoms with E-state index in [1.54, 1.807) is 0 Å². The number of nitrogens with two attached hydrogens (primary N) is 1. The molecule has 4 nitrogen and oxygen atoms in total. The molecule has 2 aromatic carbocycles. The van der Waals surface area contributed by atoms with E-state index in [0.717, 1.165) is 54.0 Å². The summed E-state index contributed by atoms with van der Waals surface area (Å²) in [5.41, 5.74) is 9.14. The Bertz CT molecular complexity index is 808. The molecule has 23 heavy (non-hydrogen) atoms. The van der Waals surface area contributed by atoms with Gasteiger partial charge in [0.25, 0.3) is 0 Å². The number of hydrogen-bond acceptors (Lipinski definition) is 4. The Morgan fingerprint density at radius 2 is 1.57 bits per heavy atom. The summed E-state index contributed by atoms with van der Waals surface area (Å²) in [4.78, 5) is 11.9. The molecule has 4 heteroatoms. The molecule has 0 amide bonds. The Morgan fingerprint density at radius 1 is 0.870 bits per heavy atom. The molecule has 1 aliphatic heterocycles. The van der Waals surface area contributed by atoms with Crippen molar-refractivity contribution in [2.24, 2.45) is 5.73 Å². The minimum Gasteiger partial charge on any atom is -0.341 e. The molecule has 4 rings (SSSR count). The first kappa shape index (κ1) is 14.2. The lowest BCUT2D eigenvalue weighted by Gasteiger charge is -2.30. The van der Waals surface area contributed by atoms with Crippen LogP contribution in [0.25, 0.3) is 22.2 Å². The molecule has 2 heterocycles. The first-order chi connectivity index (χ1) is 11.3. The van der Waals surface area contributed by atoms with E-state index >= 15 is 0 Å². The predicted octanol–water partition coefficient (Wildman–Crippen LogP) is 3.22. The molecular weight excluding hydrogens is 284 g/mol. The average Bonchev–Trinajstić information content (AvgIpc) is 2.62. The van der Waals surface area contributed by atoms with Crippen LogP contribution in [0, 0.1) is 0 Å². The van der Waals surface area contributed by atoms with E-state index in [-0.39, 0.29) is 0 Å². The largest absolute Gasteiger partial charge is 0.341 e. The van der Waals surface area contributed by atoms with Crippen LogP contribution in [0.4, 0.5) is 5.95 Å². The van der Waals surface area contributed by atoms with Crippen LogP contribution in [-0.2, 0) is 0 Å². The second kappa shape index (κ2) is 5.97. The van der Waals surface area contributed by atoms with E-state index in [2.05, 4.69) is 29.2 Å². The molecule has 1 saturated heterocycles. The van der Waals surface area contributed by atoms with Crippen molar-refractivity contribution in [1.29, 1.82) is 0 Å². The van der Waals surface area contributed by atoms with Crippen molar-refractivity contribution in [2.45, 2.75) is 18.9 Å². The normalized spacial score (nSPS) is 16.0. The lowest BCUT2D eigenvalue weighted by atomic mass is 10.1. The molecule has 0 bridgehead atoms. The Kier molecular flexibility index (Phi) is 3.67. The zero-order valence-electron chi connectivity index (χ0n) is 13.0. The van der Waals surface area contributed by atoms with Gasteiger partial charge in [-0.25, -0.2) is 9.97 Å². The molecule has 1 aliphatic rings. The fraction of sp³-hybridized carbons (Fsp3) is 0.263. The number of anilines is 1. The van der Waals surface area contributed by atoms with Crippen LogP contribution in [0.15, 0.2) is 54.6 Å². The van der Waals surface area contributed by atoms with Gasteiger partial charge in [0.15, 0.2) is 0 Å². The number of para-hydroxylation sites is 1. The van der Waals surface area contributed by atoms with Crippen molar-refractivity contribution in [2.75, 3.05) is 18.0 Å². The molecule has 1 fully saturated rings. The van der Waals surface area contributed by atoms with Crippen LogP contribution in [0.3, 0.4) is 0 Å². The summed E-state index contributed by atoms with van der Waals surface area (Å²) < 4.78 is 0. The second-order valence-electron chi connectivity index (χ2n) is 6.08. The van der Waals surface area contributed by atoms with Crippen LogP contribution in [0.1, 0.15) is 12.8 Å². The van der Waals surface area contributed by atoms with E-state index in [9.17, 15) is 0 Å². The molecule has 0 radical (unpaired) electrons. The van der Waals surface area contributed by atoms with Crippen molar-refractivity contribution in [3.8, 4) is 11.3 Å². The highest BCUT2D eigenvalue weighted by atomic mass is 15.3. The molecule has 0 atom stereocenters. The highest BCUT2D eigenvalue weighted by molar-refractivity contribution is 5.93. The Morgan fingerprint density at radius 3 is 2.35 bits per heavy atom. The third-order valence-electron chi connectivity index (χ3n) is 4.46. The maximum Gasteiger partial charge on any atom is 0.226 e. The molecule has 116 valence electrons. The van der Waals surface area contributed by atoms with Gasteiger partial charge >= 0.3 is 0 Å². The lowest BCUT2D eigenvalue weighted by Crippen LogP contribution is -2.40. The van der Waals surface area contributed by atoms with Gasteiger partial charge in [-0.05, 0) is 18.9 Å². The maximum atomic E-state index is 6.02. The standard InChI is InChI=1S/C19H20N4/c20-15-10-12-23(13-11-15)19-21-17-9-5-4-8-16(17)18(22-19)14-6-2-1-3-7-14/h1-9,15H,10-13,20H2. The third kappa shape index (κ3) is 2.78. The van der Waals surface area contributed by atoms with Gasteiger partial charge in [-0.2, -0.15) is 0 Å². The summed E-state index contributed by atoms with van der Waals surface area (Å²) in [5.74, 6) is 0.814.